The van der Waals surface area contributed by atoms with E-state index in [0.717, 1.165) is 38.1 Å². The van der Waals surface area contributed by atoms with Crippen molar-refractivity contribution >= 4 is 0 Å². The lowest BCUT2D eigenvalue weighted by atomic mass is 9.69. The van der Waals surface area contributed by atoms with Crippen molar-refractivity contribution in [1.29, 1.82) is 0 Å². The average molecular weight is 263 g/mol. The van der Waals surface area contributed by atoms with Crippen LogP contribution in [0.1, 0.15) is 37.3 Å². The van der Waals surface area contributed by atoms with E-state index in [1.807, 2.05) is 6.07 Å². The third kappa shape index (κ3) is 3.28. The molecule has 0 radical (unpaired) electrons. The lowest BCUT2D eigenvalue weighted by molar-refractivity contribution is 0.0444. The van der Waals surface area contributed by atoms with E-state index in [9.17, 15) is 5.11 Å². The Hall–Kier alpha value is -1.06. The van der Waals surface area contributed by atoms with Crippen molar-refractivity contribution in [2.45, 2.75) is 39.2 Å². The molecule has 2 rings (SSSR count). The number of aryl methyl sites for hydroxylation is 1. The van der Waals surface area contributed by atoms with Crippen LogP contribution in [0.3, 0.4) is 0 Å². The lowest BCUT2D eigenvalue weighted by Crippen LogP contribution is -2.42. The Bertz CT molecular complexity index is 408. The molecule has 3 heteroatoms. The molecular weight excluding hydrogens is 238 g/mol. The van der Waals surface area contributed by atoms with Crippen molar-refractivity contribution in [3.05, 3.63) is 29.3 Å². The van der Waals surface area contributed by atoms with Gasteiger partial charge >= 0.3 is 0 Å². The van der Waals surface area contributed by atoms with Crippen molar-refractivity contribution in [1.82, 2.24) is 5.32 Å². The molecule has 1 aliphatic rings. The number of hydrogen-bond acceptors (Lipinski definition) is 3. The lowest BCUT2D eigenvalue weighted by Gasteiger charge is -2.40. The highest BCUT2D eigenvalue weighted by Gasteiger charge is 2.35. The first-order valence-electron chi connectivity index (χ1n) is 7.20. The highest BCUT2D eigenvalue weighted by atomic mass is 16.5. The fourth-order valence-corrected chi connectivity index (χ4v) is 2.72. The van der Waals surface area contributed by atoms with Gasteiger partial charge in [-0.3, -0.25) is 0 Å². The number of benzene rings is 1. The van der Waals surface area contributed by atoms with E-state index in [-0.39, 0.29) is 5.41 Å². The second kappa shape index (κ2) is 6.40. The Labute approximate surface area is 116 Å². The molecule has 0 bridgehead atoms. The summed E-state index contributed by atoms with van der Waals surface area (Å²) in [6.45, 7) is 4.15. The van der Waals surface area contributed by atoms with Gasteiger partial charge in [-0.05, 0) is 30.9 Å². The molecule has 2 N–H and O–H groups in total. The van der Waals surface area contributed by atoms with Gasteiger partial charge in [0.1, 0.15) is 5.75 Å². The predicted octanol–water partition coefficient (Wildman–Crippen LogP) is 2.51. The van der Waals surface area contributed by atoms with E-state index in [0.29, 0.717) is 6.61 Å². The van der Waals surface area contributed by atoms with Gasteiger partial charge in [-0.25, -0.2) is 0 Å². The maximum Gasteiger partial charge on any atom is 0.123 e. The van der Waals surface area contributed by atoms with Gasteiger partial charge in [0.15, 0.2) is 0 Å². The number of nitrogens with one attached hydrogen (secondary N) is 1. The topological polar surface area (TPSA) is 41.5 Å². The molecule has 3 nitrogen and oxygen atoms in total. The summed E-state index contributed by atoms with van der Waals surface area (Å²) in [7, 11) is 1.71. The van der Waals surface area contributed by atoms with Crippen LogP contribution in [-0.2, 0) is 13.0 Å². The van der Waals surface area contributed by atoms with E-state index in [1.165, 1.54) is 17.5 Å². The Balaban J connectivity index is 1.94. The average Bonchev–Trinajstić information content (AvgIpc) is 2.41. The first kappa shape index (κ1) is 14.4. The first-order chi connectivity index (χ1) is 9.23. The van der Waals surface area contributed by atoms with Crippen molar-refractivity contribution in [2.75, 3.05) is 20.3 Å². The highest BCUT2D eigenvalue weighted by Crippen LogP contribution is 2.39. The summed E-state index contributed by atoms with van der Waals surface area (Å²) < 4.78 is 5.40. The minimum absolute atomic E-state index is 0.135. The molecule has 1 aromatic carbocycles. The Morgan fingerprint density at radius 1 is 1.37 bits per heavy atom. The van der Waals surface area contributed by atoms with Crippen molar-refractivity contribution in [2.24, 2.45) is 5.41 Å². The maximum atomic E-state index is 9.45. The molecule has 106 valence electrons. The maximum absolute atomic E-state index is 9.45. The van der Waals surface area contributed by atoms with Crippen molar-refractivity contribution in [3.63, 3.8) is 0 Å². The summed E-state index contributed by atoms with van der Waals surface area (Å²) in [6.07, 6.45) is 4.57. The van der Waals surface area contributed by atoms with Gasteiger partial charge in [-0.15, -0.1) is 0 Å². The summed E-state index contributed by atoms with van der Waals surface area (Å²) in [5, 5.41) is 12.9. The van der Waals surface area contributed by atoms with Crippen LogP contribution < -0.4 is 10.1 Å². The predicted molar refractivity (Wildman–Crippen MR) is 77.4 cm³/mol. The van der Waals surface area contributed by atoms with Crippen LogP contribution in [0.25, 0.3) is 0 Å². The molecule has 0 saturated heterocycles. The number of aliphatic hydroxyl groups is 1. The number of ether oxygens (including phenoxy) is 1. The molecule has 0 spiro atoms. The van der Waals surface area contributed by atoms with Crippen LogP contribution in [0.2, 0.25) is 0 Å². The molecule has 1 aliphatic carbocycles. The number of aliphatic hydroxyl groups excluding tert-OH is 1. The van der Waals surface area contributed by atoms with Crippen molar-refractivity contribution in [3.8, 4) is 5.75 Å². The number of methoxy groups -OCH3 is 1. The van der Waals surface area contributed by atoms with E-state index in [4.69, 9.17) is 4.74 Å². The van der Waals surface area contributed by atoms with E-state index >= 15 is 0 Å². The second-order valence-electron chi connectivity index (χ2n) is 5.61. The molecular formula is C16H25NO2. The molecule has 0 aromatic heterocycles. The van der Waals surface area contributed by atoms with E-state index < -0.39 is 0 Å². The van der Waals surface area contributed by atoms with Gasteiger partial charge < -0.3 is 15.2 Å². The summed E-state index contributed by atoms with van der Waals surface area (Å²) in [5.74, 6) is 0.941. The minimum Gasteiger partial charge on any atom is -0.496 e. The van der Waals surface area contributed by atoms with E-state index in [2.05, 4.69) is 24.4 Å². The van der Waals surface area contributed by atoms with Crippen molar-refractivity contribution < 1.29 is 9.84 Å². The summed E-state index contributed by atoms with van der Waals surface area (Å²) in [5.41, 5.74) is 2.67. The minimum atomic E-state index is 0.135. The zero-order valence-corrected chi connectivity index (χ0v) is 12.0. The van der Waals surface area contributed by atoms with Gasteiger partial charge in [0.05, 0.1) is 7.11 Å². The van der Waals surface area contributed by atoms with Crippen LogP contribution in [0.4, 0.5) is 0 Å². The Morgan fingerprint density at radius 2 is 2.16 bits per heavy atom. The molecule has 0 unspecified atom stereocenters. The fourth-order valence-electron chi connectivity index (χ4n) is 2.72. The summed E-state index contributed by atoms with van der Waals surface area (Å²) >= 11 is 0. The molecule has 0 aliphatic heterocycles. The molecule has 19 heavy (non-hydrogen) atoms. The van der Waals surface area contributed by atoms with Gasteiger partial charge in [0, 0.05) is 30.7 Å². The second-order valence-corrected chi connectivity index (χ2v) is 5.61. The van der Waals surface area contributed by atoms with Crippen LogP contribution in [0.15, 0.2) is 18.2 Å². The fraction of sp³-hybridized carbons (Fsp3) is 0.625. The largest absolute Gasteiger partial charge is 0.496 e. The molecule has 1 saturated carbocycles. The monoisotopic (exact) mass is 263 g/mol. The van der Waals surface area contributed by atoms with Gasteiger partial charge in [-0.1, -0.05) is 25.5 Å². The van der Waals surface area contributed by atoms with Gasteiger partial charge in [0.25, 0.3) is 0 Å². The number of hydrogen-bond donors (Lipinski definition) is 2. The molecule has 1 aromatic rings. The normalized spacial score (nSPS) is 17.0. The third-order valence-corrected chi connectivity index (χ3v) is 4.32. The van der Waals surface area contributed by atoms with Crippen LogP contribution in [0.5, 0.6) is 5.75 Å². The van der Waals surface area contributed by atoms with Crippen LogP contribution >= 0.6 is 0 Å². The SMILES string of the molecule is CCc1ccc(OC)c(CNCC2(CO)CCC2)c1. The summed E-state index contributed by atoms with van der Waals surface area (Å²) in [6, 6.07) is 6.36. The smallest absolute Gasteiger partial charge is 0.123 e. The van der Waals surface area contributed by atoms with Crippen LogP contribution in [0, 0.1) is 5.41 Å². The third-order valence-electron chi connectivity index (χ3n) is 4.32. The van der Waals surface area contributed by atoms with E-state index in [1.54, 1.807) is 7.11 Å². The Kier molecular flexibility index (Phi) is 4.83. The molecule has 0 amide bonds. The van der Waals surface area contributed by atoms with Crippen LogP contribution in [-0.4, -0.2) is 25.4 Å². The number of rotatable bonds is 7. The van der Waals surface area contributed by atoms with Gasteiger partial charge in [-0.2, -0.15) is 0 Å². The Morgan fingerprint density at radius 3 is 2.68 bits per heavy atom. The highest BCUT2D eigenvalue weighted by molar-refractivity contribution is 5.37. The quantitative estimate of drug-likeness (QED) is 0.794. The standard InChI is InChI=1S/C16H25NO2/c1-3-13-5-6-15(19-2)14(9-13)10-17-11-16(12-18)7-4-8-16/h5-6,9,17-18H,3-4,7-8,10-12H2,1-2H3. The molecule has 0 atom stereocenters. The zero-order valence-electron chi connectivity index (χ0n) is 12.0. The molecule has 0 heterocycles. The summed E-state index contributed by atoms with van der Waals surface area (Å²) in [4.78, 5) is 0. The van der Waals surface area contributed by atoms with Gasteiger partial charge in [0.2, 0.25) is 0 Å². The first-order valence-corrected chi connectivity index (χ1v) is 7.20. The zero-order chi connectivity index (χ0) is 13.7. The molecule has 1 fully saturated rings.